The van der Waals surface area contributed by atoms with Crippen LogP contribution in [0.3, 0.4) is 0 Å². The van der Waals surface area contributed by atoms with E-state index >= 15 is 0 Å². The number of hydrogen-bond donors (Lipinski definition) is 3. The number of carboxylic acids is 1. The molecule has 0 bridgehead atoms. The summed E-state index contributed by atoms with van der Waals surface area (Å²) >= 11 is 7.33. The molecule has 21 heavy (non-hydrogen) atoms. The van der Waals surface area contributed by atoms with E-state index in [0.717, 1.165) is 10.2 Å². The van der Waals surface area contributed by atoms with Crippen molar-refractivity contribution in [2.24, 2.45) is 0 Å². The molecular weight excluding hydrogens is 312 g/mol. The Morgan fingerprint density at radius 1 is 1.38 bits per heavy atom. The van der Waals surface area contributed by atoms with Gasteiger partial charge in [-0.3, -0.25) is 0 Å². The summed E-state index contributed by atoms with van der Waals surface area (Å²) < 4.78 is 0.930. The summed E-state index contributed by atoms with van der Waals surface area (Å²) in [5, 5.41) is 13.2. The molecule has 0 aliphatic heterocycles. The lowest BCUT2D eigenvalue weighted by atomic mass is 10.2. The van der Waals surface area contributed by atoms with Crippen LogP contribution in [0.15, 0.2) is 30.5 Å². The molecule has 106 valence electrons. The maximum Gasteiger partial charge on any atom is 0.337 e. The van der Waals surface area contributed by atoms with Gasteiger partial charge in [-0.25, -0.2) is 14.8 Å². The second kappa shape index (κ2) is 5.19. The molecule has 0 aliphatic rings. The van der Waals surface area contributed by atoms with Crippen LogP contribution in [0.25, 0.3) is 10.2 Å². The van der Waals surface area contributed by atoms with Crippen molar-refractivity contribution in [1.82, 2.24) is 9.97 Å². The highest BCUT2D eigenvalue weighted by Gasteiger charge is 2.11. The summed E-state index contributed by atoms with van der Waals surface area (Å²) in [5.74, 6) is -0.735. The Kier molecular flexibility index (Phi) is 3.36. The summed E-state index contributed by atoms with van der Waals surface area (Å²) in [7, 11) is 0. The van der Waals surface area contributed by atoms with E-state index in [-0.39, 0.29) is 11.3 Å². The molecule has 3 aromatic rings. The first-order valence-corrected chi connectivity index (χ1v) is 7.04. The lowest BCUT2D eigenvalue weighted by Crippen LogP contribution is -2.04. The largest absolute Gasteiger partial charge is 0.478 e. The second-order valence-electron chi connectivity index (χ2n) is 4.22. The minimum absolute atomic E-state index is 0.00310. The van der Waals surface area contributed by atoms with E-state index in [1.54, 1.807) is 6.07 Å². The van der Waals surface area contributed by atoms with Crippen LogP contribution in [0.2, 0.25) is 5.02 Å². The topological polar surface area (TPSA) is 101 Å². The summed E-state index contributed by atoms with van der Waals surface area (Å²) in [4.78, 5) is 19.5. The van der Waals surface area contributed by atoms with Gasteiger partial charge in [-0.15, -0.1) is 0 Å². The minimum Gasteiger partial charge on any atom is -0.478 e. The number of thiazole rings is 1. The zero-order valence-corrected chi connectivity index (χ0v) is 12.1. The standard InChI is InChI=1S/C13H9ClN4O2S/c14-6-1-2-9-10(3-6)21-13(17-9)18-11-4-7(12(19)20)8(15)5-16-11/h1-5H,15H2,(H,19,20)(H,16,17,18). The molecule has 3 rings (SSSR count). The van der Waals surface area contributed by atoms with Crippen LogP contribution >= 0.6 is 22.9 Å². The first-order chi connectivity index (χ1) is 10.0. The molecule has 2 heterocycles. The molecule has 0 amide bonds. The van der Waals surface area contributed by atoms with E-state index in [1.165, 1.54) is 23.6 Å². The van der Waals surface area contributed by atoms with Crippen LogP contribution in [0.1, 0.15) is 10.4 Å². The molecule has 0 atom stereocenters. The Morgan fingerprint density at radius 2 is 2.19 bits per heavy atom. The van der Waals surface area contributed by atoms with Crippen LogP contribution in [-0.4, -0.2) is 21.0 Å². The van der Waals surface area contributed by atoms with Gasteiger partial charge in [0.15, 0.2) is 5.13 Å². The van der Waals surface area contributed by atoms with Crippen molar-refractivity contribution in [3.8, 4) is 0 Å². The molecule has 0 unspecified atom stereocenters. The highest BCUT2D eigenvalue weighted by atomic mass is 35.5. The first-order valence-electron chi connectivity index (χ1n) is 5.85. The maximum atomic E-state index is 11.0. The Morgan fingerprint density at radius 3 is 2.95 bits per heavy atom. The molecule has 6 nitrogen and oxygen atoms in total. The first kappa shape index (κ1) is 13.6. The third-order valence-electron chi connectivity index (χ3n) is 2.75. The van der Waals surface area contributed by atoms with Crippen molar-refractivity contribution in [2.45, 2.75) is 0 Å². The molecule has 0 spiro atoms. The van der Waals surface area contributed by atoms with Crippen molar-refractivity contribution in [3.05, 3.63) is 41.0 Å². The number of aromatic nitrogens is 2. The number of halogens is 1. The minimum atomic E-state index is -1.10. The molecular formula is C13H9ClN4O2S. The quantitative estimate of drug-likeness (QED) is 0.684. The number of nitrogen functional groups attached to an aromatic ring is 1. The number of aromatic carboxylic acids is 1. The summed E-state index contributed by atoms with van der Waals surface area (Å²) in [5.41, 5.74) is 6.48. The summed E-state index contributed by atoms with van der Waals surface area (Å²) in [6, 6.07) is 6.77. The van der Waals surface area contributed by atoms with E-state index in [1.807, 2.05) is 12.1 Å². The fraction of sp³-hybridized carbons (Fsp3) is 0. The number of nitrogens with zero attached hydrogens (tertiary/aromatic N) is 2. The SMILES string of the molecule is Nc1cnc(Nc2nc3ccc(Cl)cc3s2)cc1C(=O)O. The average molecular weight is 321 g/mol. The third kappa shape index (κ3) is 2.74. The number of nitrogens with one attached hydrogen (secondary N) is 1. The third-order valence-corrected chi connectivity index (χ3v) is 3.92. The highest BCUT2D eigenvalue weighted by molar-refractivity contribution is 7.22. The van der Waals surface area contributed by atoms with Crippen LogP contribution in [0.5, 0.6) is 0 Å². The fourth-order valence-electron chi connectivity index (χ4n) is 1.78. The van der Waals surface area contributed by atoms with E-state index in [0.29, 0.717) is 16.0 Å². The van der Waals surface area contributed by atoms with Gasteiger partial charge in [-0.2, -0.15) is 0 Å². The van der Waals surface area contributed by atoms with Crippen molar-refractivity contribution in [3.63, 3.8) is 0 Å². The molecule has 0 saturated carbocycles. The summed E-state index contributed by atoms with van der Waals surface area (Å²) in [6.07, 6.45) is 1.30. The monoisotopic (exact) mass is 320 g/mol. The Labute approximate surface area is 128 Å². The van der Waals surface area contributed by atoms with Crippen molar-refractivity contribution in [2.75, 3.05) is 11.1 Å². The number of fused-ring (bicyclic) bond motifs is 1. The number of anilines is 3. The molecule has 4 N–H and O–H groups in total. The van der Waals surface area contributed by atoms with Gasteiger partial charge in [-0.05, 0) is 24.3 Å². The molecule has 1 aromatic carbocycles. The molecule has 0 saturated heterocycles. The Bertz CT molecular complexity index is 849. The van der Waals surface area contributed by atoms with Gasteiger partial charge in [0.25, 0.3) is 0 Å². The molecule has 0 fully saturated rings. The highest BCUT2D eigenvalue weighted by Crippen LogP contribution is 2.30. The summed E-state index contributed by atoms with van der Waals surface area (Å²) in [6.45, 7) is 0. The average Bonchev–Trinajstić information content (AvgIpc) is 2.82. The van der Waals surface area contributed by atoms with E-state index in [4.69, 9.17) is 22.4 Å². The fourth-order valence-corrected chi connectivity index (χ4v) is 2.93. The number of hydrogen-bond acceptors (Lipinski definition) is 6. The van der Waals surface area contributed by atoms with Gasteiger partial charge in [-0.1, -0.05) is 22.9 Å². The van der Waals surface area contributed by atoms with Crippen LogP contribution in [0.4, 0.5) is 16.6 Å². The normalized spacial score (nSPS) is 10.7. The van der Waals surface area contributed by atoms with E-state index in [2.05, 4.69) is 15.3 Å². The predicted octanol–water partition coefficient (Wildman–Crippen LogP) is 3.37. The Balaban J connectivity index is 1.94. The van der Waals surface area contributed by atoms with Gasteiger partial charge in [0.2, 0.25) is 0 Å². The van der Waals surface area contributed by atoms with Crippen molar-refractivity contribution >= 4 is 55.8 Å². The van der Waals surface area contributed by atoms with Crippen LogP contribution in [0, 0.1) is 0 Å². The number of carbonyl (C=O) groups is 1. The lowest BCUT2D eigenvalue weighted by Gasteiger charge is -2.04. The lowest BCUT2D eigenvalue weighted by molar-refractivity contribution is 0.0698. The smallest absolute Gasteiger partial charge is 0.337 e. The second-order valence-corrected chi connectivity index (χ2v) is 5.69. The predicted molar refractivity (Wildman–Crippen MR) is 83.5 cm³/mol. The molecule has 2 aromatic heterocycles. The zero-order valence-electron chi connectivity index (χ0n) is 10.5. The Hall–Kier alpha value is -2.38. The zero-order chi connectivity index (χ0) is 15.0. The van der Waals surface area contributed by atoms with Crippen molar-refractivity contribution in [1.29, 1.82) is 0 Å². The van der Waals surface area contributed by atoms with Crippen LogP contribution in [-0.2, 0) is 0 Å². The molecule has 0 aliphatic carbocycles. The van der Waals surface area contributed by atoms with E-state index in [9.17, 15) is 4.79 Å². The number of rotatable bonds is 3. The number of pyridine rings is 1. The number of nitrogens with two attached hydrogens (primary N) is 1. The number of benzene rings is 1. The molecule has 8 heteroatoms. The van der Waals surface area contributed by atoms with Crippen LogP contribution < -0.4 is 11.1 Å². The van der Waals surface area contributed by atoms with Gasteiger partial charge >= 0.3 is 5.97 Å². The van der Waals surface area contributed by atoms with Crippen molar-refractivity contribution < 1.29 is 9.90 Å². The van der Waals surface area contributed by atoms with Gasteiger partial charge in [0, 0.05) is 5.02 Å². The molecule has 0 radical (unpaired) electrons. The number of carboxylic acid groups (broad SMARTS) is 1. The van der Waals surface area contributed by atoms with E-state index < -0.39 is 5.97 Å². The van der Waals surface area contributed by atoms with Gasteiger partial charge in [0.1, 0.15) is 5.82 Å². The maximum absolute atomic E-state index is 11.0. The van der Waals surface area contributed by atoms with Gasteiger partial charge in [0.05, 0.1) is 27.7 Å². The van der Waals surface area contributed by atoms with Gasteiger partial charge < -0.3 is 16.2 Å².